The second kappa shape index (κ2) is 6.58. The van der Waals surface area contributed by atoms with E-state index in [1.807, 2.05) is 0 Å². The first-order valence-electron chi connectivity index (χ1n) is 9.41. The molecule has 1 heterocycles. The van der Waals surface area contributed by atoms with Crippen LogP contribution >= 0.6 is 0 Å². The van der Waals surface area contributed by atoms with Crippen molar-refractivity contribution in [2.24, 2.45) is 0 Å². The van der Waals surface area contributed by atoms with Crippen molar-refractivity contribution in [3.05, 3.63) is 34.9 Å². The molecule has 3 aliphatic rings. The lowest BCUT2D eigenvalue weighted by Gasteiger charge is -2.24. The Morgan fingerprint density at radius 2 is 1.83 bits per heavy atom. The smallest absolute Gasteiger partial charge is 0.243 e. The third-order valence-electron chi connectivity index (χ3n) is 5.57. The Morgan fingerprint density at radius 3 is 2.62 bits per heavy atom. The Morgan fingerprint density at radius 1 is 1.04 bits per heavy atom. The number of nitrogens with one attached hydrogen (secondary N) is 1. The summed E-state index contributed by atoms with van der Waals surface area (Å²) < 4.78 is 0. The fourth-order valence-electron chi connectivity index (χ4n) is 4.04. The summed E-state index contributed by atoms with van der Waals surface area (Å²) in [7, 11) is 0. The normalized spacial score (nSPS) is 23.0. The Balaban J connectivity index is 1.42. The van der Waals surface area contributed by atoms with Gasteiger partial charge < -0.3 is 10.2 Å². The van der Waals surface area contributed by atoms with Gasteiger partial charge in [-0.2, -0.15) is 0 Å². The Kier molecular flexibility index (Phi) is 4.30. The van der Waals surface area contributed by atoms with Crippen LogP contribution in [0.4, 0.5) is 0 Å². The monoisotopic (exact) mass is 326 g/mol. The van der Waals surface area contributed by atoms with Crippen LogP contribution in [0.5, 0.6) is 0 Å². The maximum Gasteiger partial charge on any atom is 0.243 e. The molecule has 4 nitrogen and oxygen atoms in total. The van der Waals surface area contributed by atoms with Crippen LogP contribution in [0, 0.1) is 0 Å². The lowest BCUT2D eigenvalue weighted by molar-refractivity contribution is -0.138. The molecule has 1 saturated carbocycles. The number of benzene rings is 1. The van der Waals surface area contributed by atoms with E-state index >= 15 is 0 Å². The standard InChI is InChI=1S/C20H26N2O2/c23-19(13-14-7-8-15-4-1-2-5-16(15)12-14)22-11-3-6-18(22)20(24)21-17-9-10-17/h7-8,12,17-18H,1-6,9-11,13H2,(H,21,24). The van der Waals surface area contributed by atoms with Gasteiger partial charge in [-0.15, -0.1) is 0 Å². The lowest BCUT2D eigenvalue weighted by atomic mass is 9.90. The van der Waals surface area contributed by atoms with E-state index in [-0.39, 0.29) is 17.9 Å². The van der Waals surface area contributed by atoms with Crippen molar-refractivity contribution in [3.63, 3.8) is 0 Å². The van der Waals surface area contributed by atoms with Gasteiger partial charge in [0.1, 0.15) is 6.04 Å². The van der Waals surface area contributed by atoms with E-state index in [0.29, 0.717) is 19.0 Å². The molecule has 0 aromatic heterocycles. The Labute approximate surface area is 143 Å². The molecule has 1 N–H and O–H groups in total. The fourth-order valence-corrected chi connectivity index (χ4v) is 4.04. The second-order valence-corrected chi connectivity index (χ2v) is 7.51. The summed E-state index contributed by atoms with van der Waals surface area (Å²) in [5.74, 6) is 0.146. The van der Waals surface area contributed by atoms with E-state index in [0.717, 1.165) is 37.7 Å². The third-order valence-corrected chi connectivity index (χ3v) is 5.57. The van der Waals surface area contributed by atoms with Crippen LogP contribution in [0.2, 0.25) is 0 Å². The van der Waals surface area contributed by atoms with Crippen LogP contribution in [0.1, 0.15) is 55.2 Å². The maximum absolute atomic E-state index is 12.7. The average molecular weight is 326 g/mol. The quantitative estimate of drug-likeness (QED) is 0.923. The van der Waals surface area contributed by atoms with E-state index in [1.54, 1.807) is 4.90 Å². The average Bonchev–Trinajstić information content (AvgIpc) is 3.26. The van der Waals surface area contributed by atoms with Crippen molar-refractivity contribution in [2.75, 3.05) is 6.54 Å². The SMILES string of the molecule is O=C(NC1CC1)C1CCCN1C(=O)Cc1ccc2c(c1)CCCC2. The predicted molar refractivity (Wildman–Crippen MR) is 92.7 cm³/mol. The molecule has 4 heteroatoms. The van der Waals surface area contributed by atoms with Crippen molar-refractivity contribution in [1.82, 2.24) is 10.2 Å². The summed E-state index contributed by atoms with van der Waals surface area (Å²) in [4.78, 5) is 26.9. The number of fused-ring (bicyclic) bond motifs is 1. The van der Waals surface area contributed by atoms with Crippen molar-refractivity contribution in [2.45, 2.75) is 69.9 Å². The van der Waals surface area contributed by atoms with Gasteiger partial charge >= 0.3 is 0 Å². The number of aryl methyl sites for hydroxylation is 2. The molecule has 2 fully saturated rings. The minimum atomic E-state index is -0.254. The molecular formula is C20H26N2O2. The van der Waals surface area contributed by atoms with E-state index in [9.17, 15) is 9.59 Å². The largest absolute Gasteiger partial charge is 0.352 e. The molecule has 1 saturated heterocycles. The lowest BCUT2D eigenvalue weighted by Crippen LogP contribution is -2.47. The molecule has 1 aromatic rings. The summed E-state index contributed by atoms with van der Waals surface area (Å²) >= 11 is 0. The maximum atomic E-state index is 12.7. The van der Waals surface area contributed by atoms with Crippen LogP contribution in [-0.4, -0.2) is 35.3 Å². The van der Waals surface area contributed by atoms with Gasteiger partial charge in [-0.05, 0) is 68.1 Å². The number of carbonyl (C=O) groups is 2. The molecule has 1 unspecified atom stereocenters. The van der Waals surface area contributed by atoms with Crippen molar-refractivity contribution < 1.29 is 9.59 Å². The van der Waals surface area contributed by atoms with Gasteiger partial charge in [0.15, 0.2) is 0 Å². The molecule has 2 amide bonds. The van der Waals surface area contributed by atoms with Gasteiger partial charge in [0.25, 0.3) is 0 Å². The summed E-state index contributed by atoms with van der Waals surface area (Å²) in [6.45, 7) is 0.715. The van der Waals surface area contributed by atoms with Crippen molar-refractivity contribution in [1.29, 1.82) is 0 Å². The van der Waals surface area contributed by atoms with Gasteiger partial charge in [-0.3, -0.25) is 9.59 Å². The topological polar surface area (TPSA) is 49.4 Å². The van der Waals surface area contributed by atoms with Gasteiger partial charge in [-0.25, -0.2) is 0 Å². The highest BCUT2D eigenvalue weighted by Gasteiger charge is 2.36. The summed E-state index contributed by atoms with van der Waals surface area (Å²) in [5, 5.41) is 3.05. The Bertz CT molecular complexity index is 651. The zero-order valence-corrected chi connectivity index (χ0v) is 14.2. The molecule has 4 rings (SSSR count). The molecule has 2 aliphatic carbocycles. The molecule has 0 bridgehead atoms. The highest BCUT2D eigenvalue weighted by atomic mass is 16.2. The van der Waals surface area contributed by atoms with Gasteiger partial charge in [-0.1, -0.05) is 18.2 Å². The van der Waals surface area contributed by atoms with Gasteiger partial charge in [0.05, 0.1) is 6.42 Å². The van der Waals surface area contributed by atoms with Crippen molar-refractivity contribution in [3.8, 4) is 0 Å². The highest BCUT2D eigenvalue weighted by Crippen LogP contribution is 2.25. The van der Waals surface area contributed by atoms with E-state index in [4.69, 9.17) is 0 Å². The number of carbonyl (C=O) groups excluding carboxylic acids is 2. The Hall–Kier alpha value is -1.84. The minimum absolute atomic E-state index is 0.0498. The van der Waals surface area contributed by atoms with Crippen LogP contribution in [0.3, 0.4) is 0 Å². The van der Waals surface area contributed by atoms with Crippen LogP contribution in [0.15, 0.2) is 18.2 Å². The molecular weight excluding hydrogens is 300 g/mol. The van der Waals surface area contributed by atoms with Gasteiger partial charge in [0, 0.05) is 12.6 Å². The van der Waals surface area contributed by atoms with Crippen LogP contribution in [-0.2, 0) is 28.9 Å². The second-order valence-electron chi connectivity index (χ2n) is 7.51. The molecule has 0 radical (unpaired) electrons. The zero-order valence-electron chi connectivity index (χ0n) is 14.2. The summed E-state index contributed by atoms with van der Waals surface area (Å²) in [6, 6.07) is 6.60. The first kappa shape index (κ1) is 15.7. The molecule has 24 heavy (non-hydrogen) atoms. The molecule has 1 atom stereocenters. The minimum Gasteiger partial charge on any atom is -0.352 e. The predicted octanol–water partition coefficient (Wildman–Crippen LogP) is 2.38. The van der Waals surface area contributed by atoms with Crippen LogP contribution < -0.4 is 5.32 Å². The number of hydrogen-bond acceptors (Lipinski definition) is 2. The highest BCUT2D eigenvalue weighted by molar-refractivity contribution is 5.89. The number of amides is 2. The first-order valence-corrected chi connectivity index (χ1v) is 9.41. The number of nitrogens with zero attached hydrogens (tertiary/aromatic N) is 1. The number of hydrogen-bond donors (Lipinski definition) is 1. The zero-order chi connectivity index (χ0) is 16.5. The summed E-state index contributed by atoms with van der Waals surface area (Å²) in [5.41, 5.74) is 3.95. The summed E-state index contributed by atoms with van der Waals surface area (Å²) in [6.07, 6.45) is 9.14. The molecule has 0 spiro atoms. The molecule has 128 valence electrons. The van der Waals surface area contributed by atoms with Crippen LogP contribution in [0.25, 0.3) is 0 Å². The molecule has 1 aromatic carbocycles. The van der Waals surface area contributed by atoms with Crippen molar-refractivity contribution >= 4 is 11.8 Å². The fraction of sp³-hybridized carbons (Fsp3) is 0.600. The van der Waals surface area contributed by atoms with E-state index in [1.165, 1.54) is 30.4 Å². The van der Waals surface area contributed by atoms with E-state index in [2.05, 4.69) is 23.5 Å². The number of rotatable bonds is 4. The number of likely N-dealkylation sites (tertiary alicyclic amines) is 1. The van der Waals surface area contributed by atoms with E-state index < -0.39 is 0 Å². The van der Waals surface area contributed by atoms with Gasteiger partial charge in [0.2, 0.25) is 11.8 Å². The molecule has 1 aliphatic heterocycles. The third kappa shape index (κ3) is 3.33. The first-order chi connectivity index (χ1) is 11.7.